The third kappa shape index (κ3) is 11.5. The largest absolute Gasteiger partial charge is 0.264 e. The Kier molecular flexibility index (Phi) is 12.5. The molecule has 0 aliphatic rings. The normalized spacial score (nSPS) is 13.0. The summed E-state index contributed by atoms with van der Waals surface area (Å²) >= 11 is 0. The highest BCUT2D eigenvalue weighted by Gasteiger charge is 2.14. The van der Waals surface area contributed by atoms with E-state index in [1.165, 1.54) is 124 Å². The van der Waals surface area contributed by atoms with Crippen LogP contribution in [0.5, 0.6) is 0 Å². The summed E-state index contributed by atoms with van der Waals surface area (Å²) in [6, 6.07) is 113. The van der Waals surface area contributed by atoms with E-state index in [1.807, 2.05) is 225 Å². The molecule has 5 aromatic heterocycles. The van der Waals surface area contributed by atoms with Crippen LogP contribution >= 0.6 is 0 Å². The maximum absolute atomic E-state index is 7.86. The van der Waals surface area contributed by atoms with Crippen molar-refractivity contribution >= 4 is 194 Å². The number of pyridine rings is 5. The molecule has 0 bridgehead atoms. The van der Waals surface area contributed by atoms with Gasteiger partial charge in [0.25, 0.3) is 0 Å². The molecule has 24 aromatic rings. The maximum Gasteiger partial charge on any atom is 0.0786 e. The third-order valence-electron chi connectivity index (χ3n) is 20.9. The lowest BCUT2D eigenvalue weighted by molar-refractivity contribution is 1.37. The van der Waals surface area contributed by atoms with Gasteiger partial charge in [0.05, 0.1) is 24.8 Å². The van der Waals surface area contributed by atoms with Gasteiger partial charge in [0.15, 0.2) is 0 Å². The molecule has 0 aliphatic heterocycles. The average molecular weight is 1430 g/mol. The predicted molar refractivity (Wildman–Crippen MR) is 488 cm³/mol. The second-order valence-electron chi connectivity index (χ2n) is 26.7. The Bertz CT molecular complexity index is 6640. The standard InChI is InChI=1S/C18H12.5C17H11N.12H2/c1-2-8-14-13(7-1)15-9-3-4-11-17(15)18-12-6-5-10-16(14)18;3*1-2-7-14-12(6-1)13-8-3-4-9-15(13)17-16(14)10-5-11-18-17;2*1-2-7-14-12(5-1)13-6-3-4-8-15(13)17-11-18-10-9-16(14)17;;;;;;;;;;;;/h1-12H;5*1-11H;12*1H/i1D;2*3D;2D;3D;1D;12*1+1D. The molecule has 0 amide bonds. The van der Waals surface area contributed by atoms with Crippen LogP contribution in [0, 0.1) is 0 Å². The van der Waals surface area contributed by atoms with Crippen LogP contribution in [0.15, 0.2) is 407 Å². The van der Waals surface area contributed by atoms with E-state index in [-0.39, 0.29) is 0 Å². The molecule has 0 aliphatic carbocycles. The second kappa shape index (κ2) is 28.3. The molecule has 108 heavy (non-hydrogen) atoms. The van der Waals surface area contributed by atoms with Crippen molar-refractivity contribution in [2.75, 3.05) is 0 Å². The van der Waals surface area contributed by atoms with Crippen molar-refractivity contribution in [3.63, 3.8) is 0 Å². The molecule has 0 fully saturated rings. The fraction of sp³-hybridized carbons (Fsp3) is 0. The van der Waals surface area contributed by atoms with E-state index in [0.717, 1.165) is 70.4 Å². The van der Waals surface area contributed by atoms with Crippen LogP contribution in [0.4, 0.5) is 0 Å². The van der Waals surface area contributed by atoms with Crippen LogP contribution in [0.2, 0.25) is 0 Å². The van der Waals surface area contributed by atoms with E-state index in [4.69, 9.17) is 43.9 Å². The highest BCUT2D eigenvalue weighted by molar-refractivity contribution is 6.30. The molecule has 5 heteroatoms. The fourth-order valence-electron chi connectivity index (χ4n) is 16.1. The molecule has 0 unspecified atom stereocenters. The van der Waals surface area contributed by atoms with Gasteiger partial charge in [-0.15, -0.1) is 0 Å². The molecule has 0 spiro atoms. The molecular formula is C103H91N5. The van der Waals surface area contributed by atoms with E-state index in [9.17, 15) is 0 Å². The van der Waals surface area contributed by atoms with Crippen LogP contribution < -0.4 is 0 Å². The lowest BCUT2D eigenvalue weighted by Crippen LogP contribution is -1.84. The Morgan fingerprint density at radius 2 is 0.296 bits per heavy atom. The Hall–Kier alpha value is -14.4. The maximum atomic E-state index is 7.86. The first kappa shape index (κ1) is 47.8. The van der Waals surface area contributed by atoms with E-state index in [2.05, 4.69) is 171 Å². The molecule has 0 saturated carbocycles. The summed E-state index contributed by atoms with van der Waals surface area (Å²) in [7, 11) is 0. The Morgan fingerprint density at radius 3 is 0.528 bits per heavy atom. The van der Waals surface area contributed by atoms with Gasteiger partial charge in [-0.05, 0) is 165 Å². The number of hydrogen-bond acceptors (Lipinski definition) is 5. The van der Waals surface area contributed by atoms with Crippen LogP contribution in [-0.4, -0.2) is 24.9 Å². The van der Waals surface area contributed by atoms with Crippen LogP contribution in [0.25, 0.3) is 194 Å². The first-order chi connectivity index (χ1) is 68.1. The van der Waals surface area contributed by atoms with Gasteiger partial charge in [-0.2, -0.15) is 0 Å². The van der Waals surface area contributed by atoms with Gasteiger partial charge >= 0.3 is 0 Å². The summed E-state index contributed by atoms with van der Waals surface area (Å²) in [6.45, 7) is 0. The van der Waals surface area contributed by atoms with E-state index < -0.39 is 0 Å². The van der Waals surface area contributed by atoms with Crippen molar-refractivity contribution in [3.05, 3.63) is 407 Å². The molecular weight excluding hydrogens is 1310 g/mol. The summed E-state index contributed by atoms with van der Waals surface area (Å²) < 4.78 is 167. The SMILES string of the molecule is [2H][2H].[2H][2H].[2H][2H].[2H][2H].[2H][2H].[2H][2H].[2H][2H].[2H][2H].[2H][2H].[2H][2H].[2H][2H].[2H][2H].[2H]c1ccc2c(c1)c1ccccc1c1cccnc12.[2H]c1ccc2c(c1)c1ccccc1c1cccnc12.[2H]c1ccc2c3ccccc3c3ccccc3c2c1.[2H]c1ccc2c3ccccc3c3ncccc3c2c1.[2H]c1ccc2c3ccncc3c3ccccc3c2c1.[2H]c1ccc2c3cnccc3c3ccccc3c2c1. The lowest BCUT2D eigenvalue weighted by Gasteiger charge is -2.09. The zero-order valence-corrected chi connectivity index (χ0v) is 58.5. The minimum Gasteiger partial charge on any atom is -0.264 e. The Labute approximate surface area is 668 Å². The van der Waals surface area contributed by atoms with E-state index >= 15 is 0 Å². The summed E-state index contributed by atoms with van der Waals surface area (Å²) in [4.78, 5) is 22.1. The van der Waals surface area contributed by atoms with Crippen LogP contribution in [0.1, 0.15) is 43.9 Å². The average Bonchev–Trinajstić information content (AvgIpc) is 0.777. The highest BCUT2D eigenvalue weighted by atomic mass is 14.7. The molecule has 5 heterocycles. The Morgan fingerprint density at radius 1 is 0.148 bits per heavy atom. The van der Waals surface area contributed by atoms with Crippen molar-refractivity contribution in [2.45, 2.75) is 0 Å². The molecule has 19 aromatic carbocycles. The molecule has 0 N–H and O–H groups in total. The smallest absolute Gasteiger partial charge is 0.0786 e. The van der Waals surface area contributed by atoms with Crippen molar-refractivity contribution in [2.24, 2.45) is 0 Å². The van der Waals surface area contributed by atoms with Gasteiger partial charge < -0.3 is 0 Å². The third-order valence-corrected chi connectivity index (χ3v) is 20.9. The summed E-state index contributed by atoms with van der Waals surface area (Å²) in [6.07, 6.45) is 13.0. The van der Waals surface area contributed by atoms with Gasteiger partial charge in [0.2, 0.25) is 0 Å². The molecule has 0 radical (unpaired) electrons. The molecule has 528 valence electrons. The lowest BCUT2D eigenvalue weighted by atomic mass is 9.95. The summed E-state index contributed by atoms with van der Waals surface area (Å²) in [5.41, 5.74) is 3.03. The fourth-order valence-corrected chi connectivity index (χ4v) is 16.1. The summed E-state index contributed by atoms with van der Waals surface area (Å²) in [5.74, 6) is 0. The minimum atomic E-state index is 0.535. The number of fused-ring (bicyclic) bond motifs is 36. The first-order valence-corrected chi connectivity index (χ1v) is 36.1. The summed E-state index contributed by atoms with van der Waals surface area (Å²) in [5, 5.41) is 38.9. The number of nitrogens with zero attached hydrogens (tertiary/aromatic N) is 5. The van der Waals surface area contributed by atoms with Crippen molar-refractivity contribution in [1.29, 1.82) is 0 Å². The van der Waals surface area contributed by atoms with Crippen LogP contribution in [-0.2, 0) is 0 Å². The van der Waals surface area contributed by atoms with E-state index in [1.54, 1.807) is 0 Å². The van der Waals surface area contributed by atoms with Crippen molar-refractivity contribution in [1.82, 2.24) is 24.9 Å². The first-order valence-electron chi connectivity index (χ1n) is 51.1. The van der Waals surface area contributed by atoms with Gasteiger partial charge in [-0.3, -0.25) is 24.9 Å². The van der Waals surface area contributed by atoms with Gasteiger partial charge in [-0.25, -0.2) is 0 Å². The van der Waals surface area contributed by atoms with Gasteiger partial charge in [0.1, 0.15) is 0 Å². The number of rotatable bonds is 0. The number of benzene rings is 19. The molecule has 24 rings (SSSR count). The monoisotopic (exact) mass is 1430 g/mol. The van der Waals surface area contributed by atoms with E-state index in [0.29, 0.717) is 36.3 Å². The van der Waals surface area contributed by atoms with Gasteiger partial charge in [-0.1, -0.05) is 334 Å². The second-order valence-corrected chi connectivity index (χ2v) is 26.7. The van der Waals surface area contributed by atoms with Gasteiger partial charge in [0, 0.05) is 122 Å². The minimum absolute atomic E-state index is 0.535. The number of hydrogen-bond donors (Lipinski definition) is 0. The van der Waals surface area contributed by atoms with Crippen LogP contribution in [0.3, 0.4) is 0 Å². The highest BCUT2D eigenvalue weighted by Crippen LogP contribution is 2.40. The molecule has 0 saturated heterocycles. The topological polar surface area (TPSA) is 64.5 Å². The Balaban J connectivity index is 0.000000216. The zero-order valence-electron chi connectivity index (χ0n) is 88.5. The quantitative estimate of drug-likeness (QED) is 0.142. The van der Waals surface area contributed by atoms with Crippen molar-refractivity contribution < 1.29 is 43.9 Å². The number of aromatic nitrogens is 5. The zero-order chi connectivity index (χ0) is 101. The molecule has 5 nitrogen and oxygen atoms in total. The predicted octanol–water partition coefficient (Wildman–Crippen LogP) is 30.8. The molecule has 0 atom stereocenters. The van der Waals surface area contributed by atoms with Crippen molar-refractivity contribution in [3.8, 4) is 0 Å².